The van der Waals surface area contributed by atoms with E-state index in [0.29, 0.717) is 44.1 Å². The van der Waals surface area contributed by atoms with Crippen molar-refractivity contribution < 1.29 is 4.39 Å². The Morgan fingerprint density at radius 2 is 1.86 bits per heavy atom. The van der Waals surface area contributed by atoms with Crippen molar-refractivity contribution in [2.24, 2.45) is 14.1 Å². The van der Waals surface area contributed by atoms with E-state index < -0.39 is 5.67 Å². The van der Waals surface area contributed by atoms with Crippen LogP contribution in [-0.2, 0) is 19.8 Å². The standard InChI is InChI=1S/C27H19ClFN5O/c1-4-19-6-5-7-22(32-19)20-13-26(35)34(3)23-14-31-24(12-21(20)23)27(29,25-15-30-16-33(25)2)17-8-10-18(28)11-9-17/h1,5-16H,2-3H3. The van der Waals surface area contributed by atoms with E-state index in [1.807, 2.05) is 0 Å². The highest BCUT2D eigenvalue weighted by molar-refractivity contribution is 6.30. The third-order valence-corrected chi connectivity index (χ3v) is 6.32. The maximum atomic E-state index is 17.3. The number of alkyl halides is 1. The Bertz CT molecular complexity index is 1680. The Labute approximate surface area is 205 Å². The van der Waals surface area contributed by atoms with E-state index in [2.05, 4.69) is 20.9 Å². The van der Waals surface area contributed by atoms with Crippen molar-refractivity contribution in [3.8, 4) is 23.6 Å². The molecule has 5 aromatic rings. The zero-order valence-electron chi connectivity index (χ0n) is 18.9. The molecule has 0 fully saturated rings. The summed E-state index contributed by atoms with van der Waals surface area (Å²) in [6, 6.07) is 14.9. The number of hydrogen-bond acceptors (Lipinski definition) is 4. The minimum absolute atomic E-state index is 0.129. The van der Waals surface area contributed by atoms with Crippen LogP contribution >= 0.6 is 11.6 Å². The van der Waals surface area contributed by atoms with Crippen molar-refractivity contribution in [2.45, 2.75) is 5.67 Å². The Kier molecular flexibility index (Phi) is 5.46. The number of nitrogens with zero attached hydrogens (tertiary/aromatic N) is 5. The first-order valence-electron chi connectivity index (χ1n) is 10.7. The number of benzene rings is 1. The molecule has 0 aliphatic heterocycles. The van der Waals surface area contributed by atoms with Gasteiger partial charge in [-0.1, -0.05) is 35.7 Å². The van der Waals surface area contributed by atoms with E-state index in [9.17, 15) is 4.79 Å². The van der Waals surface area contributed by atoms with E-state index in [0.717, 1.165) is 0 Å². The average molecular weight is 484 g/mol. The zero-order valence-corrected chi connectivity index (χ0v) is 19.7. The second kappa shape index (κ2) is 8.49. The molecule has 1 atom stereocenters. The minimum Gasteiger partial charge on any atom is -0.334 e. The van der Waals surface area contributed by atoms with Gasteiger partial charge in [-0.2, -0.15) is 0 Å². The largest absolute Gasteiger partial charge is 0.334 e. The van der Waals surface area contributed by atoms with Gasteiger partial charge in [-0.3, -0.25) is 9.78 Å². The number of imidazole rings is 1. The lowest BCUT2D eigenvalue weighted by molar-refractivity contribution is 0.260. The van der Waals surface area contributed by atoms with Gasteiger partial charge in [0.2, 0.25) is 5.67 Å². The molecule has 0 aliphatic rings. The molecule has 0 N–H and O–H groups in total. The number of hydrogen-bond donors (Lipinski definition) is 0. The number of rotatable bonds is 4. The summed E-state index contributed by atoms with van der Waals surface area (Å²) in [6.07, 6.45) is 10.0. The van der Waals surface area contributed by atoms with E-state index in [4.69, 9.17) is 18.0 Å². The van der Waals surface area contributed by atoms with Gasteiger partial charge in [0.25, 0.3) is 5.56 Å². The van der Waals surface area contributed by atoms with Crippen molar-refractivity contribution in [3.63, 3.8) is 0 Å². The maximum absolute atomic E-state index is 17.3. The van der Waals surface area contributed by atoms with Gasteiger partial charge < -0.3 is 9.13 Å². The molecule has 0 radical (unpaired) electrons. The number of aromatic nitrogens is 5. The van der Waals surface area contributed by atoms with Gasteiger partial charge in [0.05, 0.1) is 41.3 Å². The van der Waals surface area contributed by atoms with Gasteiger partial charge in [-0.05, 0) is 30.3 Å². The molecule has 0 amide bonds. The third-order valence-electron chi connectivity index (χ3n) is 6.07. The molecule has 35 heavy (non-hydrogen) atoms. The maximum Gasteiger partial charge on any atom is 0.251 e. The summed E-state index contributed by atoms with van der Waals surface area (Å²) in [5, 5.41) is 1.10. The monoisotopic (exact) mass is 483 g/mol. The summed E-state index contributed by atoms with van der Waals surface area (Å²) in [5.74, 6) is 2.51. The predicted molar refractivity (Wildman–Crippen MR) is 134 cm³/mol. The summed E-state index contributed by atoms with van der Waals surface area (Å²) in [5.41, 5.74) is 0.388. The van der Waals surface area contributed by atoms with E-state index in [1.54, 1.807) is 67.2 Å². The summed E-state index contributed by atoms with van der Waals surface area (Å²) in [4.78, 5) is 25.8. The quantitative estimate of drug-likeness (QED) is 0.350. The third kappa shape index (κ3) is 3.69. The number of halogens is 2. The Morgan fingerprint density at radius 1 is 1.09 bits per heavy atom. The van der Waals surface area contributed by atoms with Crippen LogP contribution in [0.2, 0.25) is 5.02 Å². The first kappa shape index (κ1) is 22.5. The Balaban J connectivity index is 1.84. The molecule has 8 heteroatoms. The molecule has 4 heterocycles. The second-order valence-corrected chi connectivity index (χ2v) is 8.59. The van der Waals surface area contributed by atoms with Crippen molar-refractivity contribution >= 4 is 22.5 Å². The normalized spacial score (nSPS) is 12.9. The zero-order chi connectivity index (χ0) is 24.7. The molecule has 172 valence electrons. The van der Waals surface area contributed by atoms with Gasteiger partial charge >= 0.3 is 0 Å². The Hall–Kier alpha value is -4.28. The number of terminal acetylenes is 1. The van der Waals surface area contributed by atoms with Gasteiger partial charge in [0.15, 0.2) is 0 Å². The van der Waals surface area contributed by atoms with Crippen LogP contribution in [0.3, 0.4) is 0 Å². The van der Waals surface area contributed by atoms with Crippen LogP contribution < -0.4 is 5.56 Å². The van der Waals surface area contributed by atoms with Gasteiger partial charge in [0, 0.05) is 41.7 Å². The fourth-order valence-electron chi connectivity index (χ4n) is 4.21. The highest BCUT2D eigenvalue weighted by atomic mass is 35.5. The first-order chi connectivity index (χ1) is 16.8. The molecule has 6 nitrogen and oxygen atoms in total. The summed E-state index contributed by atoms with van der Waals surface area (Å²) in [6.45, 7) is 0. The van der Waals surface area contributed by atoms with Crippen LogP contribution in [0.4, 0.5) is 4.39 Å². The molecule has 0 bridgehead atoms. The van der Waals surface area contributed by atoms with E-state index in [-0.39, 0.29) is 11.3 Å². The molecular weight excluding hydrogens is 465 g/mol. The van der Waals surface area contributed by atoms with Crippen LogP contribution in [0, 0.1) is 12.3 Å². The Morgan fingerprint density at radius 3 is 2.54 bits per heavy atom. The van der Waals surface area contributed by atoms with Crippen molar-refractivity contribution in [2.75, 3.05) is 0 Å². The topological polar surface area (TPSA) is 65.6 Å². The van der Waals surface area contributed by atoms with Crippen LogP contribution in [0.1, 0.15) is 22.6 Å². The van der Waals surface area contributed by atoms with Crippen molar-refractivity contribution in [3.05, 3.63) is 111 Å². The fraction of sp³-hybridized carbons (Fsp3) is 0.111. The number of fused-ring (bicyclic) bond motifs is 1. The molecule has 1 unspecified atom stereocenters. The highest BCUT2D eigenvalue weighted by Crippen LogP contribution is 2.41. The van der Waals surface area contributed by atoms with Gasteiger partial charge in [-0.15, -0.1) is 6.42 Å². The molecule has 0 saturated carbocycles. The lowest BCUT2D eigenvalue weighted by Crippen LogP contribution is -2.28. The summed E-state index contributed by atoms with van der Waals surface area (Å²) >= 11 is 6.08. The van der Waals surface area contributed by atoms with Crippen LogP contribution in [0.5, 0.6) is 0 Å². The molecule has 1 aromatic carbocycles. The number of aryl methyl sites for hydroxylation is 2. The molecule has 4 aromatic heterocycles. The van der Waals surface area contributed by atoms with Gasteiger partial charge in [-0.25, -0.2) is 14.4 Å². The molecule has 0 saturated heterocycles. The molecular formula is C27H19ClFN5O. The number of pyridine rings is 3. The summed E-state index contributed by atoms with van der Waals surface area (Å²) < 4.78 is 20.4. The van der Waals surface area contributed by atoms with Crippen LogP contribution in [0.15, 0.2) is 78.1 Å². The minimum atomic E-state index is -2.15. The van der Waals surface area contributed by atoms with Crippen LogP contribution in [0.25, 0.3) is 22.2 Å². The van der Waals surface area contributed by atoms with Gasteiger partial charge in [0.1, 0.15) is 5.69 Å². The lowest BCUT2D eigenvalue weighted by atomic mass is 9.87. The van der Waals surface area contributed by atoms with Crippen molar-refractivity contribution in [1.29, 1.82) is 0 Å². The fourth-order valence-corrected chi connectivity index (χ4v) is 4.34. The average Bonchev–Trinajstić information content (AvgIpc) is 3.32. The van der Waals surface area contributed by atoms with E-state index in [1.165, 1.54) is 29.4 Å². The predicted octanol–water partition coefficient (Wildman–Crippen LogP) is 4.63. The lowest BCUT2D eigenvalue weighted by Gasteiger charge is -2.26. The highest BCUT2D eigenvalue weighted by Gasteiger charge is 2.41. The van der Waals surface area contributed by atoms with Crippen molar-refractivity contribution in [1.82, 2.24) is 24.1 Å². The smallest absolute Gasteiger partial charge is 0.251 e. The first-order valence-corrected chi connectivity index (χ1v) is 11.1. The second-order valence-electron chi connectivity index (χ2n) is 8.15. The SMILES string of the molecule is C#Cc1cccc(-c2cc(=O)n(C)c3cnc(C(F)(c4ccc(Cl)cc4)c4cncn4C)cc23)n1. The molecule has 0 aliphatic carbocycles. The van der Waals surface area contributed by atoms with E-state index >= 15 is 4.39 Å². The molecule has 5 rings (SSSR count). The summed E-state index contributed by atoms with van der Waals surface area (Å²) in [7, 11) is 3.36. The van der Waals surface area contributed by atoms with Crippen LogP contribution in [-0.4, -0.2) is 24.1 Å². The molecule has 0 spiro atoms.